The largest absolute Gasteiger partial charge is 0.436 e. The molecule has 196 valence electrons. The average Bonchev–Trinajstić information content (AvgIpc) is 2.80. The van der Waals surface area contributed by atoms with E-state index < -0.39 is 62.8 Å². The zero-order valence-electron chi connectivity index (χ0n) is 19.6. The van der Waals surface area contributed by atoms with E-state index >= 15 is 0 Å². The number of rotatable bonds is 6. The number of amides is 2. The van der Waals surface area contributed by atoms with Crippen molar-refractivity contribution in [3.8, 4) is 11.6 Å². The highest BCUT2D eigenvalue weighted by molar-refractivity contribution is 7.93. The molecule has 37 heavy (non-hydrogen) atoms. The molecule has 0 aliphatic carbocycles. The standard InChI is InChI=1S/C23H20F4N4O5S/c1-12-16(23(25,26)27)10-28-22(36-17-7-8-18(24)29-13(17)2)20(12)21(34)30-14-5-4-6-15(9-14)37(3,35)31-19(33)11-32/h4-10,32H,11H2,1-3H3,(H,30,34)/t37-/m1/s1. The van der Waals surface area contributed by atoms with Crippen LogP contribution in [0.1, 0.15) is 27.2 Å². The number of nitrogens with zero attached hydrogens (tertiary/aromatic N) is 3. The van der Waals surface area contributed by atoms with Crippen molar-refractivity contribution in [2.24, 2.45) is 4.36 Å². The van der Waals surface area contributed by atoms with Gasteiger partial charge in [0.1, 0.15) is 12.2 Å². The first kappa shape index (κ1) is 27.7. The van der Waals surface area contributed by atoms with Crippen LogP contribution in [0.4, 0.5) is 23.2 Å². The Kier molecular flexibility index (Phi) is 7.93. The highest BCUT2D eigenvalue weighted by atomic mass is 32.2. The molecule has 0 aliphatic heterocycles. The summed E-state index contributed by atoms with van der Waals surface area (Å²) in [7, 11) is -3.30. The van der Waals surface area contributed by atoms with Gasteiger partial charge < -0.3 is 15.2 Å². The number of halogens is 4. The van der Waals surface area contributed by atoms with E-state index in [0.29, 0.717) is 6.20 Å². The summed E-state index contributed by atoms with van der Waals surface area (Å²) in [6, 6.07) is 7.50. The molecule has 0 unspecified atom stereocenters. The number of hydrogen-bond donors (Lipinski definition) is 2. The minimum atomic E-state index is -4.83. The van der Waals surface area contributed by atoms with E-state index in [1.165, 1.54) is 37.3 Å². The van der Waals surface area contributed by atoms with Crippen molar-refractivity contribution in [3.05, 3.63) is 70.9 Å². The number of aromatic nitrogens is 2. The van der Waals surface area contributed by atoms with Gasteiger partial charge in [-0.3, -0.25) is 9.59 Å². The first-order valence-corrected chi connectivity index (χ1v) is 12.3. The van der Waals surface area contributed by atoms with Crippen LogP contribution in [0, 0.1) is 19.8 Å². The number of benzene rings is 1. The zero-order valence-corrected chi connectivity index (χ0v) is 20.4. The number of anilines is 1. The molecule has 2 N–H and O–H groups in total. The lowest BCUT2D eigenvalue weighted by molar-refractivity contribution is -0.138. The Morgan fingerprint density at radius 3 is 2.51 bits per heavy atom. The Hall–Kier alpha value is -3.91. The van der Waals surface area contributed by atoms with Gasteiger partial charge in [0.05, 0.1) is 21.0 Å². The normalized spacial score (nSPS) is 13.0. The fraction of sp³-hybridized carbons (Fsp3) is 0.217. The number of carbonyl (C=O) groups excluding carboxylic acids is 2. The Morgan fingerprint density at radius 1 is 1.19 bits per heavy atom. The average molecular weight is 540 g/mol. The summed E-state index contributed by atoms with van der Waals surface area (Å²) in [6.45, 7) is 1.51. The third-order valence-corrected chi connectivity index (χ3v) is 6.67. The fourth-order valence-corrected chi connectivity index (χ4v) is 4.45. The molecule has 0 fully saturated rings. The summed E-state index contributed by atoms with van der Waals surface area (Å²) in [5.74, 6) is -3.38. The summed E-state index contributed by atoms with van der Waals surface area (Å²) < 4.78 is 75.8. The molecule has 0 aliphatic rings. The predicted octanol–water partition coefficient (Wildman–Crippen LogP) is 4.27. The molecule has 3 aromatic rings. The smallest absolute Gasteiger partial charge is 0.418 e. The van der Waals surface area contributed by atoms with Crippen molar-refractivity contribution in [2.75, 3.05) is 18.2 Å². The van der Waals surface area contributed by atoms with E-state index in [0.717, 1.165) is 19.2 Å². The van der Waals surface area contributed by atoms with E-state index in [-0.39, 0.29) is 22.0 Å². The van der Waals surface area contributed by atoms with Gasteiger partial charge in [0.15, 0.2) is 5.75 Å². The van der Waals surface area contributed by atoms with Crippen LogP contribution in [-0.4, -0.2) is 44.0 Å². The minimum Gasteiger partial charge on any atom is -0.436 e. The van der Waals surface area contributed by atoms with Gasteiger partial charge in [-0.25, -0.2) is 14.2 Å². The van der Waals surface area contributed by atoms with Crippen LogP contribution in [0.5, 0.6) is 11.6 Å². The second kappa shape index (κ2) is 10.6. The van der Waals surface area contributed by atoms with Gasteiger partial charge in [-0.2, -0.15) is 21.9 Å². The number of alkyl halides is 3. The minimum absolute atomic E-state index is 0.0195. The van der Waals surface area contributed by atoms with Crippen molar-refractivity contribution in [1.82, 2.24) is 9.97 Å². The maximum Gasteiger partial charge on any atom is 0.418 e. The van der Waals surface area contributed by atoms with Crippen LogP contribution < -0.4 is 10.1 Å². The first-order chi connectivity index (χ1) is 17.2. The monoisotopic (exact) mass is 540 g/mol. The molecule has 1 aromatic carbocycles. The second-order valence-corrected chi connectivity index (χ2v) is 9.98. The van der Waals surface area contributed by atoms with Crippen LogP contribution in [0.15, 0.2) is 51.9 Å². The molecule has 2 amide bonds. The third-order valence-electron chi connectivity index (χ3n) is 4.99. The maximum absolute atomic E-state index is 13.6. The Labute approximate surface area is 208 Å². The first-order valence-electron chi connectivity index (χ1n) is 10.4. The number of aryl methyl sites for hydroxylation is 1. The molecule has 2 heterocycles. The fourth-order valence-electron chi connectivity index (χ4n) is 3.22. The van der Waals surface area contributed by atoms with E-state index in [2.05, 4.69) is 19.6 Å². The summed E-state index contributed by atoms with van der Waals surface area (Å²) in [5, 5.41) is 11.3. The molecule has 14 heteroatoms. The quantitative estimate of drug-likeness (QED) is 0.353. The zero-order chi connectivity index (χ0) is 27.5. The lowest BCUT2D eigenvalue weighted by Gasteiger charge is -2.17. The van der Waals surface area contributed by atoms with Crippen molar-refractivity contribution in [1.29, 1.82) is 0 Å². The lowest BCUT2D eigenvalue weighted by atomic mass is 10.0. The molecule has 9 nitrogen and oxygen atoms in total. The van der Waals surface area contributed by atoms with Crippen LogP contribution in [-0.2, 0) is 20.7 Å². The molecule has 0 bridgehead atoms. The third kappa shape index (κ3) is 6.46. The number of ether oxygens (including phenoxy) is 1. The van der Waals surface area contributed by atoms with Crippen molar-refractivity contribution < 1.29 is 41.2 Å². The molecule has 0 saturated heterocycles. The van der Waals surface area contributed by atoms with Gasteiger partial charge in [-0.15, -0.1) is 0 Å². The van der Waals surface area contributed by atoms with Gasteiger partial charge in [0, 0.05) is 23.0 Å². The molecule has 2 aromatic heterocycles. The number of carbonyl (C=O) groups is 2. The summed E-state index contributed by atoms with van der Waals surface area (Å²) in [6.07, 6.45) is -3.17. The Bertz CT molecular complexity index is 1500. The molecule has 0 radical (unpaired) electrons. The lowest BCUT2D eigenvalue weighted by Crippen LogP contribution is -2.19. The van der Waals surface area contributed by atoms with Crippen molar-refractivity contribution in [2.45, 2.75) is 24.9 Å². The molecular formula is C23H20F4N4O5S. The van der Waals surface area contributed by atoms with Crippen molar-refractivity contribution in [3.63, 3.8) is 0 Å². The molecule has 1 atom stereocenters. The van der Waals surface area contributed by atoms with Crippen LogP contribution in [0.25, 0.3) is 0 Å². The van der Waals surface area contributed by atoms with Gasteiger partial charge in [0.2, 0.25) is 11.8 Å². The van der Waals surface area contributed by atoms with E-state index in [1.54, 1.807) is 0 Å². The summed E-state index contributed by atoms with van der Waals surface area (Å²) >= 11 is 0. The van der Waals surface area contributed by atoms with Gasteiger partial charge in [0.25, 0.3) is 11.8 Å². The van der Waals surface area contributed by atoms with Gasteiger partial charge >= 0.3 is 6.18 Å². The highest BCUT2D eigenvalue weighted by Crippen LogP contribution is 2.37. The number of aliphatic hydroxyl groups is 1. The number of hydrogen-bond acceptors (Lipinski definition) is 7. The summed E-state index contributed by atoms with van der Waals surface area (Å²) in [4.78, 5) is 31.9. The van der Waals surface area contributed by atoms with Gasteiger partial charge in [-0.1, -0.05) is 6.07 Å². The highest BCUT2D eigenvalue weighted by Gasteiger charge is 2.36. The summed E-state index contributed by atoms with van der Waals surface area (Å²) in [5.41, 5.74) is -2.13. The number of aliphatic hydroxyl groups excluding tert-OH is 1. The molecule has 0 spiro atoms. The van der Waals surface area contributed by atoms with E-state index in [4.69, 9.17) is 9.84 Å². The van der Waals surface area contributed by atoms with E-state index in [1.807, 2.05) is 0 Å². The molecular weight excluding hydrogens is 520 g/mol. The molecule has 3 rings (SSSR count). The van der Waals surface area contributed by atoms with Gasteiger partial charge in [-0.05, 0) is 49.7 Å². The predicted molar refractivity (Wildman–Crippen MR) is 124 cm³/mol. The topological polar surface area (TPSA) is 131 Å². The van der Waals surface area contributed by atoms with E-state index in [9.17, 15) is 31.4 Å². The second-order valence-electron chi connectivity index (χ2n) is 7.72. The number of nitrogens with one attached hydrogen (secondary N) is 1. The maximum atomic E-state index is 13.6. The van der Waals surface area contributed by atoms with Crippen LogP contribution in [0.3, 0.4) is 0 Å². The van der Waals surface area contributed by atoms with Crippen molar-refractivity contribution >= 4 is 27.2 Å². The van der Waals surface area contributed by atoms with Crippen LogP contribution in [0.2, 0.25) is 0 Å². The van der Waals surface area contributed by atoms with Crippen LogP contribution >= 0.6 is 0 Å². The SMILES string of the molecule is Cc1nc(F)ccc1Oc1ncc(C(F)(F)F)c(C)c1C(=O)Nc1cccc([S@@](C)(=O)=NC(=O)CO)c1. The Balaban J connectivity index is 2.06. The Morgan fingerprint density at radius 2 is 1.89 bits per heavy atom. The molecule has 0 saturated carbocycles. The number of pyridine rings is 2.